The summed E-state index contributed by atoms with van der Waals surface area (Å²) in [7, 11) is 0. The fraction of sp³-hybridized carbons (Fsp3) is 0. The zero-order valence-corrected chi connectivity index (χ0v) is 11.7. The fourth-order valence-corrected chi connectivity index (χ4v) is 2.06. The largest absolute Gasteiger partial charge is 0.334 e. The molecule has 20 heavy (non-hydrogen) atoms. The lowest BCUT2D eigenvalue weighted by molar-refractivity contribution is 0.432. The molecule has 0 N–H and O–H groups in total. The molecule has 0 saturated heterocycles. The molecule has 0 amide bonds. The lowest BCUT2D eigenvalue weighted by Gasteiger charge is -1.94. The summed E-state index contributed by atoms with van der Waals surface area (Å²) in [5.74, 6) is 0.817. The van der Waals surface area contributed by atoms with Crippen molar-refractivity contribution < 1.29 is 4.52 Å². The van der Waals surface area contributed by atoms with Gasteiger partial charge < -0.3 is 4.52 Å². The van der Waals surface area contributed by atoms with E-state index >= 15 is 0 Å². The second kappa shape index (κ2) is 5.23. The Morgan fingerprint density at radius 3 is 2.80 bits per heavy atom. The average Bonchev–Trinajstić information content (AvgIpc) is 2.97. The monoisotopic (exact) mass is 326 g/mol. The zero-order chi connectivity index (χ0) is 13.9. The van der Waals surface area contributed by atoms with E-state index in [1.807, 2.05) is 30.3 Å². The van der Waals surface area contributed by atoms with Gasteiger partial charge in [0.05, 0.1) is 5.56 Å². The Labute approximate surface area is 123 Å². The number of hydrogen-bond donors (Lipinski definition) is 0. The first-order chi connectivity index (χ1) is 9.76. The average molecular weight is 327 g/mol. The van der Waals surface area contributed by atoms with Crippen molar-refractivity contribution in [3.8, 4) is 29.0 Å². The van der Waals surface area contributed by atoms with Gasteiger partial charge in [-0.2, -0.15) is 10.2 Å². The van der Waals surface area contributed by atoms with E-state index in [1.54, 1.807) is 12.1 Å². The van der Waals surface area contributed by atoms with Gasteiger partial charge in [-0.3, -0.25) is 4.98 Å². The molecule has 96 valence electrons. The molecule has 0 aliphatic heterocycles. The Bertz CT molecular complexity index is 789. The maximum absolute atomic E-state index is 8.73. The molecule has 0 spiro atoms. The molecule has 2 aromatic heterocycles. The van der Waals surface area contributed by atoms with E-state index in [1.165, 1.54) is 6.20 Å². The Morgan fingerprint density at radius 1 is 1.20 bits per heavy atom. The van der Waals surface area contributed by atoms with E-state index in [0.29, 0.717) is 23.0 Å². The van der Waals surface area contributed by atoms with Crippen molar-refractivity contribution in [2.75, 3.05) is 0 Å². The van der Waals surface area contributed by atoms with Crippen molar-refractivity contribution in [1.82, 2.24) is 15.1 Å². The van der Waals surface area contributed by atoms with Gasteiger partial charge in [0.2, 0.25) is 5.82 Å². The van der Waals surface area contributed by atoms with Crippen LogP contribution in [0.2, 0.25) is 0 Å². The first kappa shape index (κ1) is 12.5. The first-order valence-electron chi connectivity index (χ1n) is 5.72. The van der Waals surface area contributed by atoms with Crippen molar-refractivity contribution in [2.24, 2.45) is 0 Å². The molecule has 1 aromatic carbocycles. The van der Waals surface area contributed by atoms with Gasteiger partial charge in [0.15, 0.2) is 0 Å². The van der Waals surface area contributed by atoms with Crippen LogP contribution in [0.1, 0.15) is 5.56 Å². The molecule has 0 fully saturated rings. The number of nitrogens with zero attached hydrogens (tertiary/aromatic N) is 4. The standard InChI is InChI=1S/C14H7BrN4O/c15-11-3-1-2-10(6-11)14-18-13(19-20-14)12-5-4-9(7-16)8-17-12/h1-6,8H. The summed E-state index contributed by atoms with van der Waals surface area (Å²) >= 11 is 3.39. The van der Waals surface area contributed by atoms with E-state index in [-0.39, 0.29) is 0 Å². The van der Waals surface area contributed by atoms with Crippen LogP contribution in [0.15, 0.2) is 51.6 Å². The van der Waals surface area contributed by atoms with Gasteiger partial charge in [0.1, 0.15) is 11.8 Å². The minimum atomic E-state index is 0.393. The van der Waals surface area contributed by atoms with Gasteiger partial charge in [-0.15, -0.1) is 0 Å². The third kappa shape index (κ3) is 2.44. The highest BCUT2D eigenvalue weighted by Crippen LogP contribution is 2.23. The third-order valence-corrected chi connectivity index (χ3v) is 3.11. The van der Waals surface area contributed by atoms with Crippen molar-refractivity contribution in [3.63, 3.8) is 0 Å². The molecule has 0 bridgehead atoms. The topological polar surface area (TPSA) is 75.6 Å². The number of nitriles is 1. The maximum Gasteiger partial charge on any atom is 0.258 e. The molecule has 0 atom stereocenters. The van der Waals surface area contributed by atoms with Crippen molar-refractivity contribution in [3.05, 3.63) is 52.6 Å². The van der Waals surface area contributed by atoms with E-state index < -0.39 is 0 Å². The first-order valence-corrected chi connectivity index (χ1v) is 6.52. The number of halogens is 1. The normalized spacial score (nSPS) is 10.2. The van der Waals surface area contributed by atoms with Crippen LogP contribution in [0.4, 0.5) is 0 Å². The Balaban J connectivity index is 1.95. The van der Waals surface area contributed by atoms with Crippen LogP contribution in [-0.4, -0.2) is 15.1 Å². The Morgan fingerprint density at radius 2 is 2.10 bits per heavy atom. The minimum Gasteiger partial charge on any atom is -0.334 e. The quantitative estimate of drug-likeness (QED) is 0.721. The molecular formula is C14H7BrN4O. The summed E-state index contributed by atoms with van der Waals surface area (Å²) < 4.78 is 6.17. The zero-order valence-electron chi connectivity index (χ0n) is 10.1. The van der Waals surface area contributed by atoms with Gasteiger partial charge in [-0.25, -0.2) is 0 Å². The highest BCUT2D eigenvalue weighted by Gasteiger charge is 2.11. The predicted octanol–water partition coefficient (Wildman–Crippen LogP) is 3.43. The summed E-state index contributed by atoms with van der Waals surface area (Å²) in [5, 5.41) is 12.6. The van der Waals surface area contributed by atoms with Crippen LogP contribution in [-0.2, 0) is 0 Å². The molecule has 2 heterocycles. The second-order valence-corrected chi connectivity index (χ2v) is 4.89. The van der Waals surface area contributed by atoms with Crippen LogP contribution in [0.25, 0.3) is 23.0 Å². The molecule has 5 nitrogen and oxygen atoms in total. The molecule has 0 aliphatic carbocycles. The van der Waals surface area contributed by atoms with Crippen molar-refractivity contribution >= 4 is 15.9 Å². The van der Waals surface area contributed by atoms with Gasteiger partial charge in [0, 0.05) is 16.2 Å². The summed E-state index contributed by atoms with van der Waals surface area (Å²) in [5.41, 5.74) is 1.88. The van der Waals surface area contributed by atoms with Gasteiger partial charge >= 0.3 is 0 Å². The van der Waals surface area contributed by atoms with E-state index in [4.69, 9.17) is 9.78 Å². The second-order valence-electron chi connectivity index (χ2n) is 3.98. The predicted molar refractivity (Wildman–Crippen MR) is 75.4 cm³/mol. The summed E-state index contributed by atoms with van der Waals surface area (Å²) in [6.45, 7) is 0. The number of hydrogen-bond acceptors (Lipinski definition) is 5. The number of rotatable bonds is 2. The maximum atomic E-state index is 8.73. The highest BCUT2D eigenvalue weighted by atomic mass is 79.9. The minimum absolute atomic E-state index is 0.393. The molecule has 3 rings (SSSR count). The van der Waals surface area contributed by atoms with Gasteiger partial charge in [0.25, 0.3) is 5.89 Å². The fourth-order valence-electron chi connectivity index (χ4n) is 1.66. The number of aromatic nitrogens is 3. The molecule has 0 radical (unpaired) electrons. The van der Waals surface area contributed by atoms with E-state index in [9.17, 15) is 0 Å². The number of pyridine rings is 1. The van der Waals surface area contributed by atoms with Crippen LogP contribution in [0.3, 0.4) is 0 Å². The summed E-state index contributed by atoms with van der Waals surface area (Å²) in [6, 6.07) is 13.0. The smallest absolute Gasteiger partial charge is 0.258 e. The molecule has 3 aromatic rings. The summed E-state index contributed by atoms with van der Waals surface area (Å²) in [6.07, 6.45) is 1.48. The van der Waals surface area contributed by atoms with Crippen LogP contribution < -0.4 is 0 Å². The SMILES string of the molecule is N#Cc1ccc(-c2noc(-c3cccc(Br)c3)n2)nc1. The Kier molecular flexibility index (Phi) is 3.27. The van der Waals surface area contributed by atoms with Crippen LogP contribution in [0, 0.1) is 11.3 Å². The molecule has 0 unspecified atom stereocenters. The van der Waals surface area contributed by atoms with Crippen LogP contribution in [0.5, 0.6) is 0 Å². The summed E-state index contributed by atoms with van der Waals surface area (Å²) in [4.78, 5) is 8.43. The molecule has 0 saturated carbocycles. The van der Waals surface area contributed by atoms with Gasteiger partial charge in [-0.05, 0) is 30.3 Å². The highest BCUT2D eigenvalue weighted by molar-refractivity contribution is 9.10. The third-order valence-electron chi connectivity index (χ3n) is 2.62. The molecule has 6 heteroatoms. The molecular weight excluding hydrogens is 320 g/mol. The van der Waals surface area contributed by atoms with E-state index in [2.05, 4.69) is 31.1 Å². The van der Waals surface area contributed by atoms with Crippen molar-refractivity contribution in [2.45, 2.75) is 0 Å². The van der Waals surface area contributed by atoms with Crippen molar-refractivity contribution in [1.29, 1.82) is 5.26 Å². The van der Waals surface area contributed by atoms with E-state index in [0.717, 1.165) is 10.0 Å². The van der Waals surface area contributed by atoms with Crippen LogP contribution >= 0.6 is 15.9 Å². The lowest BCUT2D eigenvalue weighted by atomic mass is 10.2. The number of benzene rings is 1. The van der Waals surface area contributed by atoms with Gasteiger partial charge in [-0.1, -0.05) is 27.2 Å². The molecule has 0 aliphatic rings. The Hall–Kier alpha value is -2.52. The lowest BCUT2D eigenvalue weighted by Crippen LogP contribution is -1.86.